The van der Waals surface area contributed by atoms with Crippen LogP contribution in [0, 0.1) is 13.8 Å². The fraction of sp³-hybridized carbons (Fsp3) is 0.364. The quantitative estimate of drug-likeness (QED) is 0.619. The third-order valence-electron chi connectivity index (χ3n) is 4.60. The number of aryl methyl sites for hydroxylation is 2. The average molecular weight is 381 g/mol. The largest absolute Gasteiger partial charge is 0.491 e. The van der Waals surface area contributed by atoms with Crippen molar-refractivity contribution in [1.82, 2.24) is 14.9 Å². The molecule has 0 atom stereocenters. The molecule has 1 aromatic heterocycles. The van der Waals surface area contributed by atoms with Crippen LogP contribution in [0.2, 0.25) is 0 Å². The van der Waals surface area contributed by atoms with Crippen LogP contribution in [0.5, 0.6) is 5.75 Å². The predicted molar refractivity (Wildman–Crippen MR) is 110 cm³/mol. The first-order chi connectivity index (χ1) is 13.6. The van der Waals surface area contributed by atoms with E-state index < -0.39 is 0 Å². The van der Waals surface area contributed by atoms with Crippen molar-refractivity contribution in [1.29, 1.82) is 0 Å². The minimum absolute atomic E-state index is 0.0695. The van der Waals surface area contributed by atoms with E-state index in [9.17, 15) is 4.79 Å². The van der Waals surface area contributed by atoms with Crippen molar-refractivity contribution in [3.05, 3.63) is 59.4 Å². The van der Waals surface area contributed by atoms with E-state index in [-0.39, 0.29) is 12.5 Å². The third kappa shape index (κ3) is 4.89. The molecular weight excluding hydrogens is 354 g/mol. The van der Waals surface area contributed by atoms with E-state index in [1.165, 1.54) is 12.7 Å². The van der Waals surface area contributed by atoms with Crippen molar-refractivity contribution in [3.63, 3.8) is 0 Å². The van der Waals surface area contributed by atoms with Crippen LogP contribution >= 0.6 is 0 Å². The van der Waals surface area contributed by atoms with Gasteiger partial charge in [0.1, 0.15) is 24.8 Å². The second kappa shape index (κ2) is 9.37. The highest BCUT2D eigenvalue weighted by Gasteiger charge is 2.11. The van der Waals surface area contributed by atoms with Gasteiger partial charge in [0.25, 0.3) is 0 Å². The maximum Gasteiger partial charge on any atom is 0.245 e. The number of rotatable bonds is 9. The molecule has 0 aliphatic rings. The highest BCUT2D eigenvalue weighted by Crippen LogP contribution is 2.20. The number of imidazole rings is 1. The molecule has 3 aromatic rings. The number of hydrogen-bond donors (Lipinski definition) is 1. The topological polar surface area (TPSA) is 65.4 Å². The summed E-state index contributed by atoms with van der Waals surface area (Å²) in [4.78, 5) is 16.3. The molecule has 0 aliphatic heterocycles. The molecule has 0 fully saturated rings. The highest BCUT2D eigenvalue weighted by molar-refractivity contribution is 5.77. The van der Waals surface area contributed by atoms with Gasteiger partial charge < -0.3 is 19.4 Å². The zero-order valence-corrected chi connectivity index (χ0v) is 16.7. The zero-order valence-electron chi connectivity index (χ0n) is 16.7. The summed E-state index contributed by atoms with van der Waals surface area (Å²) in [7, 11) is 1.51. The Morgan fingerprint density at radius 3 is 2.82 bits per heavy atom. The molecule has 0 aliphatic carbocycles. The molecule has 1 heterocycles. The van der Waals surface area contributed by atoms with E-state index in [4.69, 9.17) is 14.5 Å². The summed E-state index contributed by atoms with van der Waals surface area (Å²) in [6.45, 7) is 5.94. The zero-order chi connectivity index (χ0) is 19.9. The van der Waals surface area contributed by atoms with Crippen LogP contribution in [0.25, 0.3) is 11.0 Å². The number of carbonyl (C=O) groups excluding carboxylic acids is 1. The van der Waals surface area contributed by atoms with Gasteiger partial charge in [0.15, 0.2) is 0 Å². The molecule has 2 aromatic carbocycles. The summed E-state index contributed by atoms with van der Waals surface area (Å²) in [5, 5.41) is 2.85. The minimum atomic E-state index is -0.122. The van der Waals surface area contributed by atoms with Gasteiger partial charge in [-0.1, -0.05) is 24.3 Å². The standard InChI is InChI=1S/C22H27N3O3/c1-16-8-9-17(2)20(14-16)28-13-12-25-19-7-5-4-6-18(19)24-21(25)10-11-23-22(26)15-27-3/h4-9,14H,10-13,15H2,1-3H3,(H,23,26). The Labute approximate surface area is 165 Å². The van der Waals surface area contributed by atoms with Gasteiger partial charge in [0.2, 0.25) is 5.91 Å². The normalized spacial score (nSPS) is 11.0. The molecule has 0 spiro atoms. The van der Waals surface area contributed by atoms with Gasteiger partial charge in [-0.2, -0.15) is 0 Å². The molecule has 1 N–H and O–H groups in total. The Hall–Kier alpha value is -2.86. The van der Waals surface area contributed by atoms with Crippen LogP contribution in [0.15, 0.2) is 42.5 Å². The fourth-order valence-corrected chi connectivity index (χ4v) is 3.17. The van der Waals surface area contributed by atoms with Crippen molar-refractivity contribution in [2.24, 2.45) is 0 Å². The van der Waals surface area contributed by atoms with E-state index in [1.807, 2.05) is 18.2 Å². The fourth-order valence-electron chi connectivity index (χ4n) is 3.17. The van der Waals surface area contributed by atoms with Crippen LogP contribution in [-0.4, -0.2) is 42.3 Å². The lowest BCUT2D eigenvalue weighted by atomic mass is 10.1. The van der Waals surface area contributed by atoms with E-state index in [1.54, 1.807) is 0 Å². The lowest BCUT2D eigenvalue weighted by Crippen LogP contribution is -2.29. The lowest BCUT2D eigenvalue weighted by Gasteiger charge is -2.13. The third-order valence-corrected chi connectivity index (χ3v) is 4.60. The average Bonchev–Trinajstić information content (AvgIpc) is 3.02. The first-order valence-corrected chi connectivity index (χ1v) is 9.48. The van der Waals surface area contributed by atoms with Crippen LogP contribution in [0.4, 0.5) is 0 Å². The number of hydrogen-bond acceptors (Lipinski definition) is 4. The number of nitrogens with one attached hydrogen (secondary N) is 1. The Bertz CT molecular complexity index is 949. The van der Waals surface area contributed by atoms with E-state index in [2.05, 4.69) is 48.0 Å². The maximum atomic E-state index is 11.6. The Morgan fingerprint density at radius 2 is 2.00 bits per heavy atom. The van der Waals surface area contributed by atoms with Crippen molar-refractivity contribution >= 4 is 16.9 Å². The van der Waals surface area contributed by atoms with Gasteiger partial charge in [-0.05, 0) is 43.2 Å². The molecule has 6 heteroatoms. The SMILES string of the molecule is COCC(=O)NCCc1nc2ccccc2n1CCOc1cc(C)ccc1C. The molecule has 148 valence electrons. The molecule has 0 unspecified atom stereocenters. The molecule has 1 amide bonds. The number of nitrogens with zero attached hydrogens (tertiary/aromatic N) is 2. The lowest BCUT2D eigenvalue weighted by molar-refractivity contribution is -0.124. The summed E-state index contributed by atoms with van der Waals surface area (Å²) in [6, 6.07) is 14.3. The number of methoxy groups -OCH3 is 1. The van der Waals surface area contributed by atoms with Gasteiger partial charge in [-0.25, -0.2) is 4.98 Å². The maximum absolute atomic E-state index is 11.6. The van der Waals surface area contributed by atoms with E-state index in [0.29, 0.717) is 26.1 Å². The van der Waals surface area contributed by atoms with Crippen LogP contribution in [0.1, 0.15) is 17.0 Å². The summed E-state index contributed by atoms with van der Waals surface area (Å²) in [5.74, 6) is 1.73. The predicted octanol–water partition coefficient (Wildman–Crippen LogP) is 3.04. The van der Waals surface area contributed by atoms with Gasteiger partial charge >= 0.3 is 0 Å². The van der Waals surface area contributed by atoms with Crippen molar-refractivity contribution in [2.45, 2.75) is 26.8 Å². The Balaban J connectivity index is 1.69. The first-order valence-electron chi connectivity index (χ1n) is 9.48. The van der Waals surface area contributed by atoms with Gasteiger partial charge in [-0.3, -0.25) is 4.79 Å². The highest BCUT2D eigenvalue weighted by atomic mass is 16.5. The molecule has 0 saturated carbocycles. The minimum Gasteiger partial charge on any atom is -0.491 e. The van der Waals surface area contributed by atoms with E-state index in [0.717, 1.165) is 28.2 Å². The van der Waals surface area contributed by atoms with Gasteiger partial charge in [-0.15, -0.1) is 0 Å². The molecule has 3 rings (SSSR count). The van der Waals surface area contributed by atoms with Crippen LogP contribution in [-0.2, 0) is 22.5 Å². The number of fused-ring (bicyclic) bond motifs is 1. The number of carbonyl (C=O) groups is 1. The van der Waals surface area contributed by atoms with Gasteiger partial charge in [0, 0.05) is 20.1 Å². The first kappa shape index (κ1) is 19.9. The van der Waals surface area contributed by atoms with Crippen LogP contribution < -0.4 is 10.1 Å². The number of aromatic nitrogens is 2. The summed E-state index contributed by atoms with van der Waals surface area (Å²) >= 11 is 0. The number of ether oxygens (including phenoxy) is 2. The molecule has 0 bridgehead atoms. The Morgan fingerprint density at radius 1 is 1.18 bits per heavy atom. The molecule has 0 radical (unpaired) electrons. The summed E-state index contributed by atoms with van der Waals surface area (Å²) in [6.07, 6.45) is 0.646. The van der Waals surface area contributed by atoms with Crippen molar-refractivity contribution < 1.29 is 14.3 Å². The second-order valence-electron chi connectivity index (χ2n) is 6.82. The Kier molecular flexibility index (Phi) is 6.66. The van der Waals surface area contributed by atoms with Crippen LogP contribution in [0.3, 0.4) is 0 Å². The molecule has 28 heavy (non-hydrogen) atoms. The molecule has 0 saturated heterocycles. The number of amides is 1. The van der Waals surface area contributed by atoms with E-state index >= 15 is 0 Å². The monoisotopic (exact) mass is 381 g/mol. The summed E-state index contributed by atoms with van der Waals surface area (Å²) < 4.78 is 13.0. The van der Waals surface area contributed by atoms with Gasteiger partial charge in [0.05, 0.1) is 17.6 Å². The smallest absolute Gasteiger partial charge is 0.245 e. The number of para-hydroxylation sites is 2. The number of benzene rings is 2. The molecule has 6 nitrogen and oxygen atoms in total. The second-order valence-corrected chi connectivity index (χ2v) is 6.82. The molecular formula is C22H27N3O3. The van der Waals surface area contributed by atoms with Crippen molar-refractivity contribution in [3.8, 4) is 5.75 Å². The van der Waals surface area contributed by atoms with Crippen molar-refractivity contribution in [2.75, 3.05) is 26.9 Å². The summed E-state index contributed by atoms with van der Waals surface area (Å²) in [5.41, 5.74) is 4.33.